The van der Waals surface area contributed by atoms with E-state index in [1.807, 2.05) is 6.07 Å². The summed E-state index contributed by atoms with van der Waals surface area (Å²) in [6.45, 7) is 5.04. The summed E-state index contributed by atoms with van der Waals surface area (Å²) in [7, 11) is 1.32. The van der Waals surface area contributed by atoms with E-state index in [2.05, 4.69) is 0 Å². The lowest BCUT2D eigenvalue weighted by Crippen LogP contribution is -2.39. The zero-order chi connectivity index (χ0) is 13.8. The lowest BCUT2D eigenvalue weighted by Gasteiger charge is -2.28. The van der Waals surface area contributed by atoms with E-state index in [9.17, 15) is 9.59 Å². The van der Waals surface area contributed by atoms with Gasteiger partial charge in [-0.3, -0.25) is 4.79 Å². The lowest BCUT2D eigenvalue weighted by atomic mass is 9.87. The van der Waals surface area contributed by atoms with Crippen LogP contribution in [-0.4, -0.2) is 25.2 Å². The van der Waals surface area contributed by atoms with E-state index in [-0.39, 0.29) is 0 Å². The van der Waals surface area contributed by atoms with Crippen molar-refractivity contribution in [3.05, 3.63) is 35.9 Å². The zero-order valence-corrected chi connectivity index (χ0v) is 11.1. The normalized spacial score (nSPS) is 12.7. The van der Waals surface area contributed by atoms with Gasteiger partial charge in [-0.1, -0.05) is 18.2 Å². The van der Waals surface area contributed by atoms with Crippen molar-refractivity contribution >= 4 is 11.9 Å². The number of esters is 2. The molecule has 0 radical (unpaired) electrons. The van der Waals surface area contributed by atoms with Gasteiger partial charge in [0, 0.05) is 0 Å². The molecular weight excluding hydrogens is 232 g/mol. The van der Waals surface area contributed by atoms with Crippen molar-refractivity contribution < 1.29 is 19.1 Å². The Morgan fingerprint density at radius 2 is 1.72 bits per heavy atom. The highest BCUT2D eigenvalue weighted by Gasteiger charge is 2.37. The number of carbonyl (C=O) groups is 2. The van der Waals surface area contributed by atoms with E-state index in [1.54, 1.807) is 45.0 Å². The molecule has 98 valence electrons. The van der Waals surface area contributed by atoms with Gasteiger partial charge in [-0.25, -0.2) is 4.79 Å². The minimum absolute atomic E-state index is 0.407. The van der Waals surface area contributed by atoms with Gasteiger partial charge >= 0.3 is 11.9 Å². The SMILES string of the molecule is COC(=O)C(C)(C)C(C)OC(=O)c1ccccc1. The van der Waals surface area contributed by atoms with Crippen LogP contribution in [0, 0.1) is 5.41 Å². The molecule has 0 fully saturated rings. The molecule has 4 heteroatoms. The fourth-order valence-corrected chi connectivity index (χ4v) is 1.38. The van der Waals surface area contributed by atoms with E-state index in [4.69, 9.17) is 9.47 Å². The number of hydrogen-bond acceptors (Lipinski definition) is 4. The van der Waals surface area contributed by atoms with Gasteiger partial charge in [0.05, 0.1) is 18.1 Å². The van der Waals surface area contributed by atoms with Crippen LogP contribution in [0.4, 0.5) is 0 Å². The van der Waals surface area contributed by atoms with Crippen molar-refractivity contribution in [2.45, 2.75) is 26.9 Å². The van der Waals surface area contributed by atoms with Crippen molar-refractivity contribution in [3.8, 4) is 0 Å². The summed E-state index contributed by atoms with van der Waals surface area (Å²) in [4.78, 5) is 23.4. The molecule has 0 aliphatic rings. The number of hydrogen-bond donors (Lipinski definition) is 0. The number of rotatable bonds is 4. The molecule has 0 amide bonds. The second kappa shape index (κ2) is 5.67. The molecule has 1 rings (SSSR count). The van der Waals surface area contributed by atoms with Crippen LogP contribution < -0.4 is 0 Å². The summed E-state index contributed by atoms with van der Waals surface area (Å²) >= 11 is 0. The van der Waals surface area contributed by atoms with E-state index in [0.29, 0.717) is 5.56 Å². The Balaban J connectivity index is 2.74. The second-order valence-electron chi connectivity index (χ2n) is 4.63. The first-order chi connectivity index (χ1) is 8.39. The molecule has 0 heterocycles. The minimum Gasteiger partial charge on any atom is -0.469 e. The second-order valence-corrected chi connectivity index (χ2v) is 4.63. The van der Waals surface area contributed by atoms with E-state index < -0.39 is 23.5 Å². The summed E-state index contributed by atoms with van der Waals surface area (Å²) in [6.07, 6.45) is -0.572. The number of methoxy groups -OCH3 is 1. The monoisotopic (exact) mass is 250 g/mol. The molecule has 0 saturated carbocycles. The van der Waals surface area contributed by atoms with Gasteiger partial charge in [-0.05, 0) is 32.9 Å². The number of carbonyl (C=O) groups excluding carboxylic acids is 2. The maximum Gasteiger partial charge on any atom is 0.338 e. The third-order valence-corrected chi connectivity index (χ3v) is 3.02. The molecule has 18 heavy (non-hydrogen) atoms. The fraction of sp³-hybridized carbons (Fsp3) is 0.429. The average Bonchev–Trinajstić information content (AvgIpc) is 2.38. The van der Waals surface area contributed by atoms with Gasteiger partial charge < -0.3 is 9.47 Å². The topological polar surface area (TPSA) is 52.6 Å². The van der Waals surface area contributed by atoms with Gasteiger partial charge in [-0.2, -0.15) is 0 Å². The Morgan fingerprint density at radius 1 is 1.17 bits per heavy atom. The van der Waals surface area contributed by atoms with Crippen LogP contribution in [0.25, 0.3) is 0 Å². The van der Waals surface area contributed by atoms with Crippen LogP contribution in [0.5, 0.6) is 0 Å². The van der Waals surface area contributed by atoms with Crippen molar-refractivity contribution in [1.29, 1.82) is 0 Å². The van der Waals surface area contributed by atoms with E-state index in [0.717, 1.165) is 0 Å². The van der Waals surface area contributed by atoms with Crippen molar-refractivity contribution in [3.63, 3.8) is 0 Å². The smallest absolute Gasteiger partial charge is 0.338 e. The quantitative estimate of drug-likeness (QED) is 0.770. The maximum absolute atomic E-state index is 11.8. The maximum atomic E-state index is 11.8. The summed E-state index contributed by atoms with van der Waals surface area (Å²) in [5, 5.41) is 0. The zero-order valence-electron chi connectivity index (χ0n) is 11.1. The standard InChI is InChI=1S/C14H18O4/c1-10(14(2,3)13(16)17-4)18-12(15)11-8-6-5-7-9-11/h5-10H,1-4H3. The molecule has 1 aromatic rings. The third kappa shape index (κ3) is 3.09. The van der Waals surface area contributed by atoms with E-state index >= 15 is 0 Å². The molecule has 1 atom stereocenters. The van der Waals surface area contributed by atoms with Crippen LogP contribution in [0.1, 0.15) is 31.1 Å². The van der Waals surface area contributed by atoms with Gasteiger partial charge in [0.25, 0.3) is 0 Å². The van der Waals surface area contributed by atoms with Crippen LogP contribution in [0.2, 0.25) is 0 Å². The van der Waals surface area contributed by atoms with Crippen LogP contribution in [0.3, 0.4) is 0 Å². The van der Waals surface area contributed by atoms with Crippen LogP contribution in [0.15, 0.2) is 30.3 Å². The molecule has 0 aliphatic heterocycles. The summed E-state index contributed by atoms with van der Waals surface area (Å²) in [5.74, 6) is -0.851. The van der Waals surface area contributed by atoms with Gasteiger partial charge in [0.1, 0.15) is 6.10 Å². The summed E-state index contributed by atoms with van der Waals surface area (Å²) in [5.41, 5.74) is -0.413. The number of ether oxygens (including phenoxy) is 2. The molecule has 1 unspecified atom stereocenters. The number of benzene rings is 1. The van der Waals surface area contributed by atoms with Crippen molar-refractivity contribution in [2.24, 2.45) is 5.41 Å². The van der Waals surface area contributed by atoms with Crippen molar-refractivity contribution in [1.82, 2.24) is 0 Å². The predicted octanol–water partition coefficient (Wildman–Crippen LogP) is 2.43. The average molecular weight is 250 g/mol. The molecular formula is C14H18O4. The highest BCUT2D eigenvalue weighted by molar-refractivity contribution is 5.89. The Labute approximate surface area is 107 Å². The molecule has 1 aromatic carbocycles. The van der Waals surface area contributed by atoms with E-state index in [1.165, 1.54) is 7.11 Å². The first kappa shape index (κ1) is 14.2. The van der Waals surface area contributed by atoms with Crippen molar-refractivity contribution in [2.75, 3.05) is 7.11 Å². The highest BCUT2D eigenvalue weighted by Crippen LogP contribution is 2.25. The molecule has 0 N–H and O–H groups in total. The third-order valence-electron chi connectivity index (χ3n) is 3.02. The van der Waals surface area contributed by atoms with Gasteiger partial charge in [0.15, 0.2) is 0 Å². The largest absolute Gasteiger partial charge is 0.469 e. The highest BCUT2D eigenvalue weighted by atomic mass is 16.6. The Kier molecular flexibility index (Phi) is 4.48. The molecule has 0 spiro atoms. The fourth-order valence-electron chi connectivity index (χ4n) is 1.38. The molecule has 0 aromatic heterocycles. The molecule has 4 nitrogen and oxygen atoms in total. The Hall–Kier alpha value is -1.84. The summed E-state index contributed by atoms with van der Waals surface area (Å²) in [6, 6.07) is 8.67. The Morgan fingerprint density at radius 3 is 2.22 bits per heavy atom. The Bertz CT molecular complexity index is 423. The van der Waals surface area contributed by atoms with Gasteiger partial charge in [-0.15, -0.1) is 0 Å². The first-order valence-electron chi connectivity index (χ1n) is 5.74. The first-order valence-corrected chi connectivity index (χ1v) is 5.74. The molecule has 0 bridgehead atoms. The van der Waals surface area contributed by atoms with Crippen LogP contribution in [-0.2, 0) is 14.3 Å². The minimum atomic E-state index is -0.876. The lowest BCUT2D eigenvalue weighted by molar-refractivity contribution is -0.156. The molecule has 0 aliphatic carbocycles. The summed E-state index contributed by atoms with van der Waals surface area (Å²) < 4.78 is 9.98. The predicted molar refractivity (Wildman–Crippen MR) is 67.1 cm³/mol. The van der Waals surface area contributed by atoms with Crippen LogP contribution >= 0.6 is 0 Å². The molecule has 0 saturated heterocycles. The van der Waals surface area contributed by atoms with Gasteiger partial charge in [0.2, 0.25) is 0 Å².